The maximum absolute atomic E-state index is 4.75. The SMILES string of the molecule is CCNC(=NCC(C)Cn1cccn1)NC1CCC(SC)C1. The summed E-state index contributed by atoms with van der Waals surface area (Å²) < 4.78 is 1.97. The van der Waals surface area contributed by atoms with Gasteiger partial charge in [-0.2, -0.15) is 16.9 Å². The van der Waals surface area contributed by atoms with E-state index >= 15 is 0 Å². The summed E-state index contributed by atoms with van der Waals surface area (Å²) in [7, 11) is 0. The van der Waals surface area contributed by atoms with Gasteiger partial charge >= 0.3 is 0 Å². The fraction of sp³-hybridized carbons (Fsp3) is 0.750. The summed E-state index contributed by atoms with van der Waals surface area (Å²) in [5.74, 6) is 1.43. The van der Waals surface area contributed by atoms with Crippen molar-refractivity contribution in [1.82, 2.24) is 20.4 Å². The number of nitrogens with zero attached hydrogens (tertiary/aromatic N) is 3. The molecule has 2 N–H and O–H groups in total. The standard InChI is InChI=1S/C16H29N5S/c1-4-17-16(20-14-6-7-15(10-14)22-3)18-11-13(2)12-21-9-5-8-19-21/h5,8-9,13-15H,4,6-7,10-12H2,1-3H3,(H2,17,18,20). The minimum absolute atomic E-state index is 0.470. The predicted octanol–water partition coefficient (Wildman–Crippen LogP) is 2.36. The molecule has 0 aromatic carbocycles. The van der Waals surface area contributed by atoms with Crippen LogP contribution in [0.1, 0.15) is 33.1 Å². The third-order valence-corrected chi connectivity index (χ3v) is 5.12. The van der Waals surface area contributed by atoms with Crippen LogP contribution in [0.5, 0.6) is 0 Å². The monoisotopic (exact) mass is 323 g/mol. The van der Waals surface area contributed by atoms with Crippen molar-refractivity contribution in [2.24, 2.45) is 10.9 Å². The Balaban J connectivity index is 1.81. The molecule has 1 aromatic rings. The lowest BCUT2D eigenvalue weighted by atomic mass is 10.2. The van der Waals surface area contributed by atoms with Gasteiger partial charge in [0, 0.05) is 43.3 Å². The van der Waals surface area contributed by atoms with Crippen molar-refractivity contribution in [1.29, 1.82) is 0 Å². The van der Waals surface area contributed by atoms with Gasteiger partial charge in [-0.3, -0.25) is 9.67 Å². The van der Waals surface area contributed by atoms with Gasteiger partial charge in [0.05, 0.1) is 0 Å². The summed E-state index contributed by atoms with van der Waals surface area (Å²) in [6.45, 7) is 6.96. The van der Waals surface area contributed by atoms with E-state index in [1.54, 1.807) is 0 Å². The molecule has 2 rings (SSSR count). The summed E-state index contributed by atoms with van der Waals surface area (Å²) in [4.78, 5) is 4.75. The van der Waals surface area contributed by atoms with Gasteiger partial charge in [0.1, 0.15) is 0 Å². The van der Waals surface area contributed by atoms with Crippen LogP contribution in [-0.4, -0.2) is 46.4 Å². The normalized spacial score (nSPS) is 23.5. The Hall–Kier alpha value is -1.17. The average molecular weight is 324 g/mol. The van der Waals surface area contributed by atoms with E-state index in [-0.39, 0.29) is 0 Å². The first-order valence-corrected chi connectivity index (χ1v) is 9.55. The number of nitrogens with one attached hydrogen (secondary N) is 2. The Kier molecular flexibility index (Phi) is 7.09. The maximum atomic E-state index is 4.75. The van der Waals surface area contributed by atoms with Gasteiger partial charge in [0.25, 0.3) is 0 Å². The number of thioether (sulfide) groups is 1. The van der Waals surface area contributed by atoms with E-state index in [4.69, 9.17) is 4.99 Å². The van der Waals surface area contributed by atoms with Crippen molar-refractivity contribution in [2.75, 3.05) is 19.3 Å². The Labute approximate surface area is 138 Å². The van der Waals surface area contributed by atoms with Crippen LogP contribution in [0.3, 0.4) is 0 Å². The zero-order chi connectivity index (χ0) is 15.8. The largest absolute Gasteiger partial charge is 0.357 e. The molecule has 0 amide bonds. The van der Waals surface area contributed by atoms with E-state index in [2.05, 4.69) is 35.8 Å². The van der Waals surface area contributed by atoms with Crippen LogP contribution in [0.25, 0.3) is 0 Å². The van der Waals surface area contributed by atoms with Gasteiger partial charge in [-0.1, -0.05) is 6.92 Å². The molecular weight excluding hydrogens is 294 g/mol. The van der Waals surface area contributed by atoms with Crippen molar-refractivity contribution in [3.05, 3.63) is 18.5 Å². The molecule has 1 aliphatic rings. The van der Waals surface area contributed by atoms with Crippen LogP contribution in [0.4, 0.5) is 0 Å². The molecule has 1 fully saturated rings. The van der Waals surface area contributed by atoms with Gasteiger partial charge in [0.15, 0.2) is 5.96 Å². The maximum Gasteiger partial charge on any atom is 0.191 e. The first-order chi connectivity index (χ1) is 10.7. The molecule has 124 valence electrons. The Morgan fingerprint density at radius 2 is 2.36 bits per heavy atom. The van der Waals surface area contributed by atoms with Crippen LogP contribution >= 0.6 is 11.8 Å². The first kappa shape index (κ1) is 17.2. The lowest BCUT2D eigenvalue weighted by molar-refractivity contribution is 0.457. The highest BCUT2D eigenvalue weighted by Crippen LogP contribution is 2.27. The predicted molar refractivity (Wildman–Crippen MR) is 95.4 cm³/mol. The third-order valence-electron chi connectivity index (χ3n) is 4.02. The van der Waals surface area contributed by atoms with Gasteiger partial charge < -0.3 is 10.6 Å². The third kappa shape index (κ3) is 5.55. The molecule has 0 bridgehead atoms. The van der Waals surface area contributed by atoms with Gasteiger partial charge in [0.2, 0.25) is 0 Å². The van der Waals surface area contributed by atoms with Gasteiger partial charge in [-0.05, 0) is 44.4 Å². The number of aromatic nitrogens is 2. The summed E-state index contributed by atoms with van der Waals surface area (Å²) >= 11 is 1.99. The van der Waals surface area contributed by atoms with Crippen molar-refractivity contribution >= 4 is 17.7 Å². The first-order valence-electron chi connectivity index (χ1n) is 8.26. The highest BCUT2D eigenvalue weighted by molar-refractivity contribution is 7.99. The molecule has 3 atom stereocenters. The van der Waals surface area contributed by atoms with Gasteiger partial charge in [-0.25, -0.2) is 0 Å². The fourth-order valence-electron chi connectivity index (χ4n) is 2.83. The van der Waals surface area contributed by atoms with Gasteiger partial charge in [-0.15, -0.1) is 0 Å². The summed E-state index contributed by atoms with van der Waals surface area (Å²) in [6, 6.07) is 2.53. The van der Waals surface area contributed by atoms with E-state index < -0.39 is 0 Å². The van der Waals surface area contributed by atoms with E-state index in [9.17, 15) is 0 Å². The molecule has 0 saturated heterocycles. The van der Waals surface area contributed by atoms with Crippen LogP contribution < -0.4 is 10.6 Å². The molecule has 5 nitrogen and oxygen atoms in total. The number of aliphatic imine (C=N–C) groups is 1. The molecular formula is C16H29N5S. The average Bonchev–Trinajstić information content (AvgIpc) is 3.16. The number of hydrogen-bond acceptors (Lipinski definition) is 3. The molecule has 1 aromatic heterocycles. The molecule has 0 aliphatic heterocycles. The number of guanidine groups is 1. The molecule has 6 heteroatoms. The lowest BCUT2D eigenvalue weighted by Gasteiger charge is -2.18. The zero-order valence-corrected chi connectivity index (χ0v) is 14.8. The van der Waals surface area contributed by atoms with Crippen molar-refractivity contribution < 1.29 is 0 Å². The minimum Gasteiger partial charge on any atom is -0.357 e. The molecule has 0 spiro atoms. The lowest BCUT2D eigenvalue weighted by Crippen LogP contribution is -2.42. The van der Waals surface area contributed by atoms with Crippen LogP contribution in [0.15, 0.2) is 23.5 Å². The molecule has 1 heterocycles. The number of rotatable bonds is 7. The zero-order valence-electron chi connectivity index (χ0n) is 14.0. The Bertz CT molecular complexity index is 445. The Morgan fingerprint density at radius 3 is 3.00 bits per heavy atom. The second kappa shape index (κ2) is 9.08. The number of hydrogen-bond donors (Lipinski definition) is 2. The van der Waals surface area contributed by atoms with E-state index in [0.29, 0.717) is 12.0 Å². The van der Waals surface area contributed by atoms with E-state index in [1.165, 1.54) is 19.3 Å². The minimum atomic E-state index is 0.470. The highest BCUT2D eigenvalue weighted by atomic mass is 32.2. The quantitative estimate of drug-likeness (QED) is 0.597. The highest BCUT2D eigenvalue weighted by Gasteiger charge is 2.24. The summed E-state index contributed by atoms with van der Waals surface area (Å²) in [5.41, 5.74) is 0. The summed E-state index contributed by atoms with van der Waals surface area (Å²) in [6.07, 6.45) is 9.85. The van der Waals surface area contributed by atoms with Crippen LogP contribution in [0.2, 0.25) is 0 Å². The molecule has 3 unspecified atom stereocenters. The van der Waals surface area contributed by atoms with Crippen molar-refractivity contribution in [3.63, 3.8) is 0 Å². The van der Waals surface area contributed by atoms with Crippen molar-refractivity contribution in [2.45, 2.75) is 50.9 Å². The smallest absolute Gasteiger partial charge is 0.191 e. The van der Waals surface area contributed by atoms with Crippen LogP contribution in [-0.2, 0) is 6.54 Å². The van der Waals surface area contributed by atoms with Crippen molar-refractivity contribution in [3.8, 4) is 0 Å². The molecule has 1 saturated carbocycles. The van der Waals surface area contributed by atoms with E-state index in [0.717, 1.165) is 30.8 Å². The fourth-order valence-corrected chi connectivity index (χ4v) is 3.63. The Morgan fingerprint density at radius 1 is 1.50 bits per heavy atom. The molecule has 1 aliphatic carbocycles. The molecule has 0 radical (unpaired) electrons. The topological polar surface area (TPSA) is 54.2 Å². The second-order valence-corrected chi connectivity index (χ2v) is 7.20. The van der Waals surface area contributed by atoms with Crippen LogP contribution in [0, 0.1) is 5.92 Å². The second-order valence-electron chi connectivity index (χ2n) is 6.06. The molecule has 22 heavy (non-hydrogen) atoms. The summed E-state index contributed by atoms with van der Waals surface area (Å²) in [5, 5.41) is 12.0. The van der Waals surface area contributed by atoms with E-state index in [1.807, 2.05) is 34.9 Å².